The Hall–Kier alpha value is -3.35. The molecule has 10 nitrogen and oxygen atoms in total. The summed E-state index contributed by atoms with van der Waals surface area (Å²) in [6.45, 7) is 1.97. The van der Waals surface area contributed by atoms with E-state index in [1.54, 1.807) is 32.2 Å². The van der Waals surface area contributed by atoms with Crippen LogP contribution in [-0.4, -0.2) is 55.5 Å². The van der Waals surface area contributed by atoms with Crippen LogP contribution >= 0.6 is 0 Å². The Morgan fingerprint density at radius 2 is 2.18 bits per heavy atom. The van der Waals surface area contributed by atoms with Crippen molar-refractivity contribution in [3.63, 3.8) is 0 Å². The molecule has 11 heteroatoms. The van der Waals surface area contributed by atoms with E-state index in [2.05, 4.69) is 27.9 Å². The van der Waals surface area contributed by atoms with Gasteiger partial charge in [0.15, 0.2) is 17.0 Å². The van der Waals surface area contributed by atoms with Gasteiger partial charge in [0.1, 0.15) is 11.5 Å². The van der Waals surface area contributed by atoms with Gasteiger partial charge in [-0.05, 0) is 24.6 Å². The van der Waals surface area contributed by atoms with Gasteiger partial charge in [0.05, 0.1) is 30.9 Å². The highest BCUT2D eigenvalue weighted by molar-refractivity contribution is 7.89. The molecule has 1 saturated heterocycles. The van der Waals surface area contributed by atoms with Crippen LogP contribution in [-0.2, 0) is 21.8 Å². The number of carbonyl (C=O) groups is 1. The lowest BCUT2D eigenvalue weighted by molar-refractivity contribution is -0.140. The fraction of sp³-hybridized carbons (Fsp3) is 0.364. The molecule has 0 bridgehead atoms. The number of rotatable bonds is 3. The van der Waals surface area contributed by atoms with Gasteiger partial charge in [-0.25, -0.2) is 13.1 Å². The normalized spacial score (nSPS) is 20.0. The van der Waals surface area contributed by atoms with E-state index >= 15 is 0 Å². The predicted molar refractivity (Wildman–Crippen MR) is 117 cm³/mol. The number of nitrogens with one attached hydrogen (secondary N) is 2. The first-order valence-electron chi connectivity index (χ1n) is 10.1. The maximum absolute atomic E-state index is 13.0. The number of fused-ring (bicyclic) bond motifs is 1. The van der Waals surface area contributed by atoms with E-state index in [0.29, 0.717) is 11.3 Å². The number of benzene rings is 1. The Kier molecular flexibility index (Phi) is 5.91. The van der Waals surface area contributed by atoms with Crippen molar-refractivity contribution < 1.29 is 27.8 Å². The minimum Gasteiger partial charge on any atom is -0.488 e. The Labute approximate surface area is 191 Å². The SMILES string of the molecule is Cc1ccc(NC(=O)c2c3c(cn2C)S(=O)(=O)NC(CC#CC2(O)COC2)CO3)cc1C#N. The third-order valence-corrected chi connectivity index (χ3v) is 6.84. The quantitative estimate of drug-likeness (QED) is 0.559. The standard InChI is InChI=1S/C22H22N4O6S/c1-14-5-6-16(8-15(14)9-23)24-21(27)19-20-18(10-26(19)2)33(29,30)25-17(11-32-20)4-3-7-22(28)12-31-13-22/h5-6,8,10,17,25,28H,4,11-13H2,1-2H3,(H,24,27). The summed E-state index contributed by atoms with van der Waals surface area (Å²) in [4.78, 5) is 12.9. The number of aryl methyl sites for hydroxylation is 2. The van der Waals surface area contributed by atoms with E-state index in [9.17, 15) is 23.6 Å². The fourth-order valence-corrected chi connectivity index (χ4v) is 4.90. The van der Waals surface area contributed by atoms with Crippen molar-refractivity contribution in [2.75, 3.05) is 25.1 Å². The van der Waals surface area contributed by atoms with Crippen molar-refractivity contribution in [3.8, 4) is 23.7 Å². The molecule has 2 aliphatic heterocycles. The number of hydrogen-bond donors (Lipinski definition) is 3. The highest BCUT2D eigenvalue weighted by Crippen LogP contribution is 2.33. The van der Waals surface area contributed by atoms with Crippen molar-refractivity contribution in [3.05, 3.63) is 41.2 Å². The van der Waals surface area contributed by atoms with Crippen molar-refractivity contribution in [1.82, 2.24) is 9.29 Å². The minimum atomic E-state index is -3.98. The average molecular weight is 471 g/mol. The Morgan fingerprint density at radius 3 is 2.85 bits per heavy atom. The van der Waals surface area contributed by atoms with Gasteiger partial charge in [0, 0.05) is 25.4 Å². The largest absolute Gasteiger partial charge is 0.488 e. The number of sulfonamides is 1. The van der Waals surface area contributed by atoms with Crippen LogP contribution < -0.4 is 14.8 Å². The zero-order chi connectivity index (χ0) is 23.8. The Morgan fingerprint density at radius 1 is 1.42 bits per heavy atom. The molecule has 3 heterocycles. The number of hydrogen-bond acceptors (Lipinski definition) is 7. The van der Waals surface area contributed by atoms with Crippen LogP contribution in [0.3, 0.4) is 0 Å². The van der Waals surface area contributed by atoms with E-state index in [4.69, 9.17) is 9.47 Å². The monoisotopic (exact) mass is 470 g/mol. The number of aliphatic hydroxyl groups is 1. The molecule has 1 amide bonds. The molecular weight excluding hydrogens is 448 g/mol. The van der Waals surface area contributed by atoms with Crippen LogP contribution in [0.25, 0.3) is 0 Å². The first kappa shape index (κ1) is 22.8. The first-order chi connectivity index (χ1) is 15.6. The molecule has 0 spiro atoms. The number of anilines is 1. The molecule has 0 aliphatic carbocycles. The predicted octanol–water partition coefficient (Wildman–Crippen LogP) is 0.652. The van der Waals surface area contributed by atoms with Crippen molar-refractivity contribution >= 4 is 21.6 Å². The summed E-state index contributed by atoms with van der Waals surface area (Å²) in [5.41, 5.74) is 0.430. The summed E-state index contributed by atoms with van der Waals surface area (Å²) in [6.07, 6.45) is 1.42. The van der Waals surface area contributed by atoms with Gasteiger partial charge in [-0.15, -0.1) is 0 Å². The van der Waals surface area contributed by atoms with Gasteiger partial charge < -0.3 is 24.5 Å². The minimum absolute atomic E-state index is 0.0297. The second-order valence-electron chi connectivity index (χ2n) is 8.04. The molecule has 1 aromatic heterocycles. The van der Waals surface area contributed by atoms with Gasteiger partial charge in [-0.3, -0.25) is 4.79 Å². The molecule has 1 atom stereocenters. The summed E-state index contributed by atoms with van der Waals surface area (Å²) in [5, 5.41) is 21.9. The van der Waals surface area contributed by atoms with Crippen LogP contribution in [0, 0.1) is 30.1 Å². The van der Waals surface area contributed by atoms with Gasteiger partial charge in [-0.1, -0.05) is 17.9 Å². The van der Waals surface area contributed by atoms with E-state index < -0.39 is 27.6 Å². The van der Waals surface area contributed by atoms with Crippen molar-refractivity contribution in [2.45, 2.75) is 29.9 Å². The summed E-state index contributed by atoms with van der Waals surface area (Å²) < 4.78 is 40.4. The summed E-state index contributed by atoms with van der Waals surface area (Å²) in [6, 6.07) is 6.30. The molecule has 0 saturated carbocycles. The molecule has 1 fully saturated rings. The lowest BCUT2D eigenvalue weighted by Crippen LogP contribution is -2.48. The number of carbonyl (C=O) groups excluding carboxylic acids is 1. The zero-order valence-corrected chi connectivity index (χ0v) is 18.8. The highest BCUT2D eigenvalue weighted by Gasteiger charge is 2.36. The van der Waals surface area contributed by atoms with Crippen molar-refractivity contribution in [1.29, 1.82) is 5.26 Å². The number of nitriles is 1. The lowest BCUT2D eigenvalue weighted by Gasteiger charge is -2.31. The number of ether oxygens (including phenoxy) is 2. The molecule has 3 N–H and O–H groups in total. The lowest BCUT2D eigenvalue weighted by atomic mass is 10.0. The third-order valence-electron chi connectivity index (χ3n) is 5.32. The summed E-state index contributed by atoms with van der Waals surface area (Å²) in [7, 11) is -2.44. The maximum Gasteiger partial charge on any atom is 0.276 e. The number of aromatic nitrogens is 1. The molecule has 4 rings (SSSR count). The molecule has 1 aromatic carbocycles. The van der Waals surface area contributed by atoms with Gasteiger partial charge >= 0.3 is 0 Å². The molecule has 172 valence electrons. The van der Waals surface area contributed by atoms with Crippen LogP contribution in [0.15, 0.2) is 29.3 Å². The van der Waals surface area contributed by atoms with E-state index in [-0.39, 0.29) is 42.6 Å². The van der Waals surface area contributed by atoms with Crippen LogP contribution in [0.2, 0.25) is 0 Å². The second kappa shape index (κ2) is 8.54. The molecule has 33 heavy (non-hydrogen) atoms. The topological polar surface area (TPSA) is 143 Å². The van der Waals surface area contributed by atoms with E-state index in [0.717, 1.165) is 5.56 Å². The second-order valence-corrected chi connectivity index (χ2v) is 9.72. The molecule has 2 aliphatic rings. The molecule has 1 unspecified atom stereocenters. The van der Waals surface area contributed by atoms with Crippen molar-refractivity contribution in [2.24, 2.45) is 7.05 Å². The molecule has 2 aromatic rings. The number of amides is 1. The maximum atomic E-state index is 13.0. The van der Waals surface area contributed by atoms with E-state index in [1.807, 2.05) is 0 Å². The van der Waals surface area contributed by atoms with Crippen LogP contribution in [0.5, 0.6) is 5.75 Å². The molecular formula is C22H22N4O6S. The van der Waals surface area contributed by atoms with Crippen LogP contribution in [0.4, 0.5) is 5.69 Å². The van der Waals surface area contributed by atoms with E-state index in [1.165, 1.54) is 10.8 Å². The number of nitrogens with zero attached hydrogens (tertiary/aromatic N) is 2. The zero-order valence-electron chi connectivity index (χ0n) is 18.0. The van der Waals surface area contributed by atoms with Gasteiger partial charge in [0.25, 0.3) is 5.91 Å². The highest BCUT2D eigenvalue weighted by atomic mass is 32.2. The summed E-state index contributed by atoms with van der Waals surface area (Å²) in [5.74, 6) is 4.83. The average Bonchev–Trinajstić information content (AvgIpc) is 3.03. The smallest absolute Gasteiger partial charge is 0.276 e. The third kappa shape index (κ3) is 4.58. The van der Waals surface area contributed by atoms with Gasteiger partial charge in [-0.2, -0.15) is 5.26 Å². The Bertz CT molecular complexity index is 1330. The Balaban J connectivity index is 1.56. The fourth-order valence-electron chi connectivity index (χ4n) is 3.49. The first-order valence-corrected chi connectivity index (χ1v) is 11.6. The van der Waals surface area contributed by atoms with Crippen LogP contribution in [0.1, 0.15) is 28.0 Å². The summed E-state index contributed by atoms with van der Waals surface area (Å²) >= 11 is 0. The van der Waals surface area contributed by atoms with Gasteiger partial charge in [0.2, 0.25) is 10.0 Å². The molecule has 0 radical (unpaired) electrons.